The molecule has 0 spiro atoms. The standard InChI is InChI=1S/C8H14FNO2.ClH/c9-6-3-1-5(2-4-6)7(10)8(11)12;/h5-7H,1-4,10H2,(H,11,12);1H. The van der Waals surface area contributed by atoms with Gasteiger partial charge in [0.25, 0.3) is 0 Å². The third kappa shape index (κ3) is 3.48. The summed E-state index contributed by atoms with van der Waals surface area (Å²) in [5.74, 6) is -1.01. The predicted molar refractivity (Wildman–Crippen MR) is 49.7 cm³/mol. The van der Waals surface area contributed by atoms with Crippen LogP contribution in [0.3, 0.4) is 0 Å². The fourth-order valence-corrected chi connectivity index (χ4v) is 1.64. The minimum Gasteiger partial charge on any atom is -0.480 e. The summed E-state index contributed by atoms with van der Waals surface area (Å²) in [5, 5.41) is 8.58. The van der Waals surface area contributed by atoms with Gasteiger partial charge >= 0.3 is 5.97 Å². The molecule has 3 N–H and O–H groups in total. The second-order valence-corrected chi connectivity index (χ2v) is 3.38. The van der Waals surface area contributed by atoms with E-state index in [9.17, 15) is 9.18 Å². The van der Waals surface area contributed by atoms with E-state index < -0.39 is 18.2 Å². The molecule has 1 saturated carbocycles. The first-order chi connectivity index (χ1) is 5.61. The minimum atomic E-state index is -0.975. The lowest BCUT2D eigenvalue weighted by atomic mass is 9.83. The Bertz CT molecular complexity index is 172. The van der Waals surface area contributed by atoms with Crippen LogP contribution in [0.15, 0.2) is 0 Å². The van der Waals surface area contributed by atoms with Gasteiger partial charge in [0.15, 0.2) is 0 Å². The Kier molecular flexibility index (Phi) is 5.25. The lowest BCUT2D eigenvalue weighted by molar-refractivity contribution is -0.140. The number of hydrogen-bond donors (Lipinski definition) is 2. The van der Waals surface area contributed by atoms with E-state index in [0.29, 0.717) is 25.7 Å². The normalized spacial score (nSPS) is 30.3. The van der Waals surface area contributed by atoms with Gasteiger partial charge in [0, 0.05) is 0 Å². The first-order valence-corrected chi connectivity index (χ1v) is 4.23. The van der Waals surface area contributed by atoms with Crippen LogP contribution in [0.1, 0.15) is 25.7 Å². The molecule has 0 amide bonds. The van der Waals surface area contributed by atoms with Crippen LogP contribution in [0.25, 0.3) is 0 Å². The Labute approximate surface area is 82.9 Å². The molecule has 1 aliphatic rings. The maximum atomic E-state index is 12.6. The Morgan fingerprint density at radius 2 is 1.85 bits per heavy atom. The van der Waals surface area contributed by atoms with Crippen LogP contribution in [0.2, 0.25) is 0 Å². The highest BCUT2D eigenvalue weighted by Crippen LogP contribution is 2.27. The van der Waals surface area contributed by atoms with Crippen LogP contribution in [0.4, 0.5) is 4.39 Å². The molecule has 5 heteroatoms. The maximum absolute atomic E-state index is 12.6. The molecular weight excluding hydrogens is 197 g/mol. The highest BCUT2D eigenvalue weighted by molar-refractivity contribution is 5.85. The van der Waals surface area contributed by atoms with E-state index in [1.54, 1.807) is 0 Å². The summed E-state index contributed by atoms with van der Waals surface area (Å²) >= 11 is 0. The van der Waals surface area contributed by atoms with Crippen LogP contribution < -0.4 is 5.73 Å². The molecule has 1 fully saturated rings. The Morgan fingerprint density at radius 3 is 2.23 bits per heavy atom. The molecule has 1 unspecified atom stereocenters. The summed E-state index contributed by atoms with van der Waals surface area (Å²) in [7, 11) is 0. The number of carbonyl (C=O) groups is 1. The Balaban J connectivity index is 0.00000144. The second-order valence-electron chi connectivity index (χ2n) is 3.38. The van der Waals surface area contributed by atoms with Crippen molar-refractivity contribution in [2.45, 2.75) is 37.9 Å². The third-order valence-corrected chi connectivity index (χ3v) is 2.49. The zero-order chi connectivity index (χ0) is 9.14. The van der Waals surface area contributed by atoms with E-state index in [2.05, 4.69) is 0 Å². The van der Waals surface area contributed by atoms with Gasteiger partial charge in [-0.1, -0.05) is 0 Å². The van der Waals surface area contributed by atoms with E-state index in [1.807, 2.05) is 0 Å². The number of halogens is 2. The number of alkyl halides is 1. The van der Waals surface area contributed by atoms with E-state index >= 15 is 0 Å². The molecule has 13 heavy (non-hydrogen) atoms. The van der Waals surface area contributed by atoms with E-state index in [0.717, 1.165) is 0 Å². The Hall–Kier alpha value is -0.350. The first-order valence-electron chi connectivity index (χ1n) is 4.23. The molecule has 0 bridgehead atoms. The number of carboxylic acid groups (broad SMARTS) is 1. The number of rotatable bonds is 2. The molecule has 78 valence electrons. The molecule has 0 aromatic rings. The molecule has 1 aliphatic carbocycles. The van der Waals surface area contributed by atoms with Crippen LogP contribution >= 0.6 is 12.4 Å². The van der Waals surface area contributed by atoms with Gasteiger partial charge in [-0.15, -0.1) is 12.4 Å². The number of carboxylic acids is 1. The highest BCUT2D eigenvalue weighted by Gasteiger charge is 2.28. The van der Waals surface area contributed by atoms with E-state index in [1.165, 1.54) is 0 Å². The van der Waals surface area contributed by atoms with Gasteiger partial charge in [0.05, 0.1) is 0 Å². The van der Waals surface area contributed by atoms with Crippen molar-refractivity contribution in [2.75, 3.05) is 0 Å². The topological polar surface area (TPSA) is 63.3 Å². The van der Waals surface area contributed by atoms with Crippen molar-refractivity contribution in [1.29, 1.82) is 0 Å². The largest absolute Gasteiger partial charge is 0.480 e. The first kappa shape index (κ1) is 12.7. The molecule has 0 aromatic heterocycles. The van der Waals surface area contributed by atoms with Gasteiger partial charge in [-0.05, 0) is 31.6 Å². The van der Waals surface area contributed by atoms with E-state index in [-0.39, 0.29) is 18.3 Å². The van der Waals surface area contributed by atoms with Crippen molar-refractivity contribution < 1.29 is 14.3 Å². The summed E-state index contributed by atoms with van der Waals surface area (Å²) in [6.07, 6.45) is 1.39. The molecule has 1 atom stereocenters. The third-order valence-electron chi connectivity index (χ3n) is 2.49. The van der Waals surface area contributed by atoms with Crippen LogP contribution in [0.5, 0.6) is 0 Å². The highest BCUT2D eigenvalue weighted by atomic mass is 35.5. The molecule has 0 aromatic carbocycles. The smallest absolute Gasteiger partial charge is 0.320 e. The van der Waals surface area contributed by atoms with Crippen molar-refractivity contribution in [3.63, 3.8) is 0 Å². The maximum Gasteiger partial charge on any atom is 0.320 e. The lowest BCUT2D eigenvalue weighted by Crippen LogP contribution is -2.39. The monoisotopic (exact) mass is 211 g/mol. The molecule has 3 nitrogen and oxygen atoms in total. The molecule has 0 heterocycles. The summed E-state index contributed by atoms with van der Waals surface area (Å²) < 4.78 is 12.6. The summed E-state index contributed by atoms with van der Waals surface area (Å²) in [5.41, 5.74) is 5.41. The zero-order valence-corrected chi connectivity index (χ0v) is 8.10. The second kappa shape index (κ2) is 5.40. The van der Waals surface area contributed by atoms with Crippen LogP contribution in [-0.4, -0.2) is 23.3 Å². The van der Waals surface area contributed by atoms with Crippen molar-refractivity contribution in [3.8, 4) is 0 Å². The predicted octanol–water partition coefficient (Wildman–Crippen LogP) is 1.35. The average molecular weight is 212 g/mol. The summed E-state index contributed by atoms with van der Waals surface area (Å²) in [6.45, 7) is 0. The lowest BCUT2D eigenvalue weighted by Gasteiger charge is -2.26. The number of nitrogens with two attached hydrogens (primary N) is 1. The zero-order valence-electron chi connectivity index (χ0n) is 7.28. The van der Waals surface area contributed by atoms with Crippen LogP contribution in [0, 0.1) is 5.92 Å². The molecule has 1 rings (SSSR count). The van der Waals surface area contributed by atoms with Gasteiger partial charge in [0.1, 0.15) is 12.2 Å². The van der Waals surface area contributed by atoms with Gasteiger partial charge in [0.2, 0.25) is 0 Å². The molecule has 0 aliphatic heterocycles. The molecular formula is C8H15ClFNO2. The van der Waals surface area contributed by atoms with Gasteiger partial charge in [-0.25, -0.2) is 4.39 Å². The average Bonchev–Trinajstić information content (AvgIpc) is 2.04. The fraction of sp³-hybridized carbons (Fsp3) is 0.875. The summed E-state index contributed by atoms with van der Waals surface area (Å²) in [4.78, 5) is 10.5. The summed E-state index contributed by atoms with van der Waals surface area (Å²) in [6, 6.07) is -0.808. The van der Waals surface area contributed by atoms with Crippen molar-refractivity contribution in [2.24, 2.45) is 11.7 Å². The van der Waals surface area contributed by atoms with E-state index in [4.69, 9.17) is 10.8 Å². The quantitative estimate of drug-likeness (QED) is 0.725. The minimum absolute atomic E-state index is 0. The van der Waals surface area contributed by atoms with Gasteiger partial charge in [-0.3, -0.25) is 4.79 Å². The van der Waals surface area contributed by atoms with Gasteiger partial charge in [-0.2, -0.15) is 0 Å². The Morgan fingerprint density at radius 1 is 1.38 bits per heavy atom. The molecule has 0 radical (unpaired) electrons. The van der Waals surface area contributed by atoms with Crippen molar-refractivity contribution >= 4 is 18.4 Å². The van der Waals surface area contributed by atoms with Crippen molar-refractivity contribution in [1.82, 2.24) is 0 Å². The molecule has 0 saturated heterocycles. The number of hydrogen-bond acceptors (Lipinski definition) is 2. The number of aliphatic carboxylic acids is 1. The SMILES string of the molecule is Cl.NC(C(=O)O)C1CCC(F)CC1. The van der Waals surface area contributed by atoms with Gasteiger partial charge < -0.3 is 10.8 Å². The van der Waals surface area contributed by atoms with Crippen LogP contribution in [-0.2, 0) is 4.79 Å². The fourth-order valence-electron chi connectivity index (χ4n) is 1.64. The van der Waals surface area contributed by atoms with Crippen molar-refractivity contribution in [3.05, 3.63) is 0 Å².